The molecule has 1 aliphatic carbocycles. The number of aryl methyl sites for hydroxylation is 1. The normalized spacial score (nSPS) is 14.5. The van der Waals surface area contributed by atoms with Crippen LogP contribution in [0.15, 0.2) is 67.0 Å². The third kappa shape index (κ3) is 4.67. The van der Waals surface area contributed by atoms with E-state index in [2.05, 4.69) is 40.6 Å². The lowest BCUT2D eigenvalue weighted by molar-refractivity contribution is 0.0946. The van der Waals surface area contributed by atoms with Crippen molar-refractivity contribution in [1.29, 1.82) is 0 Å². The molecular weight excluding hydrogens is 430 g/mol. The lowest BCUT2D eigenvalue weighted by Crippen LogP contribution is -2.23. The van der Waals surface area contributed by atoms with Crippen molar-refractivity contribution >= 4 is 23.2 Å². The molecule has 2 heterocycles. The van der Waals surface area contributed by atoms with Gasteiger partial charge in [-0.15, -0.1) is 0 Å². The van der Waals surface area contributed by atoms with Crippen LogP contribution >= 0.6 is 11.6 Å². The molecule has 1 aliphatic rings. The maximum atomic E-state index is 12.7. The highest BCUT2D eigenvalue weighted by Crippen LogP contribution is 2.33. The minimum atomic E-state index is -0.212. The Morgan fingerprint density at radius 2 is 1.76 bits per heavy atom. The van der Waals surface area contributed by atoms with Crippen LogP contribution in [0, 0.1) is 6.92 Å². The summed E-state index contributed by atoms with van der Waals surface area (Å²) in [6.07, 6.45) is 10.5. The average molecular weight is 458 g/mol. The Balaban J connectivity index is 1.31. The first-order chi connectivity index (χ1) is 16.1. The fraction of sp³-hybridized carbons (Fsp3) is 0.286. The molecule has 0 atom stereocenters. The van der Waals surface area contributed by atoms with Gasteiger partial charge in [0.25, 0.3) is 5.91 Å². The van der Waals surface area contributed by atoms with Gasteiger partial charge in [-0.05, 0) is 71.7 Å². The van der Waals surface area contributed by atoms with E-state index < -0.39 is 0 Å². The Morgan fingerprint density at radius 3 is 2.52 bits per heavy atom. The van der Waals surface area contributed by atoms with E-state index in [1.54, 1.807) is 6.20 Å². The molecule has 4 aromatic rings. The molecule has 4 nitrogen and oxygen atoms in total. The van der Waals surface area contributed by atoms with Crippen LogP contribution in [-0.4, -0.2) is 15.3 Å². The third-order valence-corrected chi connectivity index (χ3v) is 7.14. The number of benzene rings is 2. The number of pyridine rings is 1. The predicted octanol–water partition coefficient (Wildman–Crippen LogP) is 6.94. The number of hydrogen-bond donors (Lipinski definition) is 1. The molecule has 1 N–H and O–H groups in total. The number of nitrogens with one attached hydrogen (secondary N) is 1. The molecule has 0 unspecified atom stereocenters. The molecule has 2 aromatic carbocycles. The Kier molecular flexibility index (Phi) is 6.19. The van der Waals surface area contributed by atoms with Crippen LogP contribution in [0.3, 0.4) is 0 Å². The van der Waals surface area contributed by atoms with E-state index in [9.17, 15) is 4.79 Å². The van der Waals surface area contributed by atoms with Crippen molar-refractivity contribution in [3.8, 4) is 11.1 Å². The first-order valence-electron chi connectivity index (χ1n) is 11.7. The van der Waals surface area contributed by atoms with E-state index in [-0.39, 0.29) is 5.91 Å². The van der Waals surface area contributed by atoms with E-state index in [0.29, 0.717) is 23.2 Å². The Labute approximate surface area is 199 Å². The van der Waals surface area contributed by atoms with Crippen LogP contribution in [0.4, 0.5) is 0 Å². The number of imidazole rings is 1. The first kappa shape index (κ1) is 21.7. The second-order valence-electron chi connectivity index (χ2n) is 8.98. The third-order valence-electron chi connectivity index (χ3n) is 6.78. The summed E-state index contributed by atoms with van der Waals surface area (Å²) in [5.41, 5.74) is 6.85. The number of carbonyl (C=O) groups excluding carboxylic acids is 1. The van der Waals surface area contributed by atoms with Gasteiger partial charge < -0.3 is 9.72 Å². The number of rotatable bonds is 5. The number of fused-ring (bicyclic) bond motifs is 1. The second kappa shape index (κ2) is 9.40. The zero-order valence-electron chi connectivity index (χ0n) is 18.9. The summed E-state index contributed by atoms with van der Waals surface area (Å²) < 4.78 is 1.92. The zero-order chi connectivity index (χ0) is 22.8. The van der Waals surface area contributed by atoms with Crippen LogP contribution in [0.5, 0.6) is 0 Å². The van der Waals surface area contributed by atoms with Crippen LogP contribution in [0.25, 0.3) is 16.8 Å². The maximum absolute atomic E-state index is 12.7. The van der Waals surface area contributed by atoms with Crippen LogP contribution in [0.1, 0.15) is 65.2 Å². The molecule has 33 heavy (non-hydrogen) atoms. The topological polar surface area (TPSA) is 46.4 Å². The van der Waals surface area contributed by atoms with Gasteiger partial charge in [-0.1, -0.05) is 67.3 Å². The average Bonchev–Trinajstić information content (AvgIpc) is 3.28. The van der Waals surface area contributed by atoms with Gasteiger partial charge in [0.1, 0.15) is 11.3 Å². The zero-order valence-corrected chi connectivity index (χ0v) is 19.6. The molecular formula is C28H28ClN3O. The van der Waals surface area contributed by atoms with Gasteiger partial charge in [0.05, 0.1) is 0 Å². The predicted molar refractivity (Wildman–Crippen MR) is 134 cm³/mol. The molecule has 168 valence electrons. The highest BCUT2D eigenvalue weighted by molar-refractivity contribution is 6.31. The van der Waals surface area contributed by atoms with E-state index in [1.807, 2.05) is 41.8 Å². The minimum Gasteiger partial charge on any atom is -0.347 e. The van der Waals surface area contributed by atoms with Crippen molar-refractivity contribution < 1.29 is 4.79 Å². The monoisotopic (exact) mass is 457 g/mol. The molecule has 0 bridgehead atoms. The Bertz CT molecular complexity index is 1270. The van der Waals surface area contributed by atoms with Crippen LogP contribution in [0.2, 0.25) is 5.02 Å². The Morgan fingerprint density at radius 1 is 1.00 bits per heavy atom. The van der Waals surface area contributed by atoms with Gasteiger partial charge in [-0.2, -0.15) is 0 Å². The van der Waals surface area contributed by atoms with Gasteiger partial charge in [-0.25, -0.2) is 4.98 Å². The van der Waals surface area contributed by atoms with Crippen molar-refractivity contribution in [3.63, 3.8) is 0 Å². The van der Waals surface area contributed by atoms with Crippen molar-refractivity contribution in [3.05, 3.63) is 94.4 Å². The summed E-state index contributed by atoms with van der Waals surface area (Å²) in [6.45, 7) is 2.36. The van der Waals surface area contributed by atoms with E-state index in [0.717, 1.165) is 22.3 Å². The van der Waals surface area contributed by atoms with E-state index in [4.69, 9.17) is 11.6 Å². The molecule has 0 saturated heterocycles. The maximum Gasteiger partial charge on any atom is 0.271 e. The standard InChI is InChI=1S/C28H28ClN3O/c1-19-6-5-9-25(29)24(19)16-30-28(33)26-18-32-17-23(14-15-27(32)31-26)22-12-10-21(11-13-22)20-7-3-2-4-8-20/h5-6,9-15,17-18,20H,2-4,7-8,16H2,1H3,(H,30,33). The second-order valence-corrected chi connectivity index (χ2v) is 9.39. The van der Waals surface area contributed by atoms with Gasteiger partial charge in [0.15, 0.2) is 0 Å². The van der Waals surface area contributed by atoms with Gasteiger partial charge in [0.2, 0.25) is 0 Å². The molecule has 5 rings (SSSR count). The fourth-order valence-electron chi connectivity index (χ4n) is 4.81. The molecule has 2 aromatic heterocycles. The van der Waals surface area contributed by atoms with Gasteiger partial charge >= 0.3 is 0 Å². The molecule has 1 saturated carbocycles. The smallest absolute Gasteiger partial charge is 0.271 e. The lowest BCUT2D eigenvalue weighted by atomic mass is 9.84. The van der Waals surface area contributed by atoms with Gasteiger partial charge in [-0.3, -0.25) is 4.79 Å². The number of nitrogens with zero attached hydrogens (tertiary/aromatic N) is 2. The summed E-state index contributed by atoms with van der Waals surface area (Å²) in [5, 5.41) is 3.60. The first-order valence-corrected chi connectivity index (χ1v) is 12.1. The highest BCUT2D eigenvalue weighted by atomic mass is 35.5. The summed E-state index contributed by atoms with van der Waals surface area (Å²) in [7, 11) is 0. The van der Waals surface area contributed by atoms with Crippen molar-refractivity contribution in [1.82, 2.24) is 14.7 Å². The van der Waals surface area contributed by atoms with Crippen molar-refractivity contribution in [2.75, 3.05) is 0 Å². The Hall–Kier alpha value is -3.11. The molecule has 0 aliphatic heterocycles. The van der Waals surface area contributed by atoms with Crippen LogP contribution < -0.4 is 5.32 Å². The summed E-state index contributed by atoms with van der Waals surface area (Å²) >= 11 is 6.28. The molecule has 1 fully saturated rings. The summed E-state index contributed by atoms with van der Waals surface area (Å²) in [4.78, 5) is 17.2. The van der Waals surface area contributed by atoms with Gasteiger partial charge in [0, 0.05) is 24.0 Å². The molecule has 5 heteroatoms. The van der Waals surface area contributed by atoms with E-state index in [1.165, 1.54) is 43.2 Å². The lowest BCUT2D eigenvalue weighted by Gasteiger charge is -2.22. The quantitative estimate of drug-likeness (QED) is 0.352. The fourth-order valence-corrected chi connectivity index (χ4v) is 5.09. The molecule has 0 spiro atoms. The van der Waals surface area contributed by atoms with Crippen molar-refractivity contribution in [2.24, 2.45) is 0 Å². The minimum absolute atomic E-state index is 0.212. The number of hydrogen-bond acceptors (Lipinski definition) is 2. The van der Waals surface area contributed by atoms with Crippen LogP contribution in [-0.2, 0) is 6.54 Å². The SMILES string of the molecule is Cc1cccc(Cl)c1CNC(=O)c1cn2cc(-c3ccc(C4CCCCC4)cc3)ccc2n1. The number of aromatic nitrogens is 2. The number of halogens is 1. The summed E-state index contributed by atoms with van der Waals surface area (Å²) in [5.74, 6) is 0.496. The number of carbonyl (C=O) groups is 1. The largest absolute Gasteiger partial charge is 0.347 e. The van der Waals surface area contributed by atoms with Crippen molar-refractivity contribution in [2.45, 2.75) is 51.5 Å². The molecule has 0 radical (unpaired) electrons. The van der Waals surface area contributed by atoms with E-state index >= 15 is 0 Å². The highest BCUT2D eigenvalue weighted by Gasteiger charge is 2.16. The number of amides is 1. The molecule has 1 amide bonds. The summed E-state index contributed by atoms with van der Waals surface area (Å²) in [6, 6.07) is 18.7.